The number of ether oxygens (including phenoxy) is 1. The van der Waals surface area contributed by atoms with Crippen LogP contribution in [-0.2, 0) is 19.6 Å². The zero-order valence-electron chi connectivity index (χ0n) is 18.1. The molecule has 2 aliphatic heterocycles. The minimum Gasteiger partial charge on any atom is -0.449 e. The van der Waals surface area contributed by atoms with E-state index in [-0.39, 0.29) is 17.7 Å². The van der Waals surface area contributed by atoms with Crippen molar-refractivity contribution in [1.29, 1.82) is 0 Å². The van der Waals surface area contributed by atoms with Gasteiger partial charge < -0.3 is 15.0 Å². The van der Waals surface area contributed by atoms with Crippen molar-refractivity contribution in [1.82, 2.24) is 5.32 Å². The highest BCUT2D eigenvalue weighted by Crippen LogP contribution is 2.49. The lowest BCUT2D eigenvalue weighted by atomic mass is 9.84. The number of nitrogens with zero attached hydrogens (tertiary/aromatic N) is 2. The van der Waals surface area contributed by atoms with Crippen LogP contribution in [0.3, 0.4) is 0 Å². The van der Waals surface area contributed by atoms with E-state index >= 15 is 0 Å². The molecule has 1 aromatic rings. The molecule has 5 atom stereocenters. The Hall–Kier alpha value is -2.07. The summed E-state index contributed by atoms with van der Waals surface area (Å²) < 4.78 is 32.8. The third-order valence-corrected chi connectivity index (χ3v) is 9.47. The predicted molar refractivity (Wildman–Crippen MR) is 122 cm³/mol. The highest BCUT2D eigenvalue weighted by molar-refractivity contribution is 8.15. The van der Waals surface area contributed by atoms with Gasteiger partial charge in [0, 0.05) is 17.5 Å². The normalized spacial score (nSPS) is 29.0. The molecule has 8 nitrogen and oxygen atoms in total. The summed E-state index contributed by atoms with van der Waals surface area (Å²) in [5.41, 5.74) is 1.14. The molecule has 1 N–H and O–H groups in total. The lowest BCUT2D eigenvalue weighted by Crippen LogP contribution is -2.45. The second kappa shape index (κ2) is 8.06. The summed E-state index contributed by atoms with van der Waals surface area (Å²) in [6.45, 7) is 3.97. The Bertz CT molecular complexity index is 1100. The third-order valence-electron chi connectivity index (χ3n) is 7.17. The molecule has 2 saturated carbocycles. The first-order chi connectivity index (χ1) is 15.2. The summed E-state index contributed by atoms with van der Waals surface area (Å²) >= 11 is 1.22. The average Bonchev–Trinajstić information content (AvgIpc) is 3.45. The van der Waals surface area contributed by atoms with Gasteiger partial charge >= 0.3 is 5.97 Å². The number of nitrogens with one attached hydrogen (secondary N) is 1. The van der Waals surface area contributed by atoms with Gasteiger partial charge in [-0.2, -0.15) is 0 Å². The first-order valence-electron chi connectivity index (χ1n) is 11.1. The second-order valence-corrected chi connectivity index (χ2v) is 12.0. The van der Waals surface area contributed by atoms with E-state index in [1.165, 1.54) is 37.4 Å². The van der Waals surface area contributed by atoms with Crippen molar-refractivity contribution in [2.24, 2.45) is 22.2 Å². The van der Waals surface area contributed by atoms with E-state index in [0.717, 1.165) is 16.5 Å². The average molecular weight is 478 g/mol. The maximum atomic E-state index is 12.7. The minimum absolute atomic E-state index is 0.0341. The van der Waals surface area contributed by atoms with E-state index in [2.05, 4.69) is 9.71 Å². The van der Waals surface area contributed by atoms with Crippen LogP contribution in [0.1, 0.15) is 49.9 Å². The number of rotatable bonds is 5. The van der Waals surface area contributed by atoms with Gasteiger partial charge in [-0.25, -0.2) is 13.2 Å². The fraction of sp³-hybridized carbons (Fsp3) is 0.591. The molecule has 1 aromatic carbocycles. The number of amides is 1. The van der Waals surface area contributed by atoms with Crippen molar-refractivity contribution in [3.8, 4) is 0 Å². The van der Waals surface area contributed by atoms with Crippen molar-refractivity contribution >= 4 is 44.5 Å². The van der Waals surface area contributed by atoms with Crippen molar-refractivity contribution in [3.63, 3.8) is 0 Å². The zero-order chi connectivity index (χ0) is 22.6. The molecule has 1 amide bonds. The summed E-state index contributed by atoms with van der Waals surface area (Å²) in [5.74, 6) is 1.14. The lowest BCUT2D eigenvalue weighted by Gasteiger charge is -2.29. The quantitative estimate of drug-likeness (QED) is 0.650. The standard InChI is InChI=1S/C22H27N3O5S2/c1-12(17-10-14-3-4-15(17)9-14)23-20(26)13(2)30-21(27)16-5-6-18-19(11-16)31-22-24-32(28,29)8-7-25(18)22/h5-6,11-15,17H,3-4,7-10H2,1-2H3,(H,23,26)/t12-,13+,14+,15+,17+/m1/s1. The van der Waals surface area contributed by atoms with E-state index in [1.807, 2.05) is 11.8 Å². The largest absolute Gasteiger partial charge is 0.449 e. The van der Waals surface area contributed by atoms with Crippen LogP contribution in [0, 0.1) is 17.8 Å². The SMILES string of the molecule is C[C@H](OC(=O)c1ccc2c(c1)SC1=NS(=O)(=O)CCN12)C(=O)N[C@H](C)[C@@H]1C[C@H]2CC[C@H]1C2. The molecule has 2 heterocycles. The first kappa shape index (κ1) is 21.8. The summed E-state index contributed by atoms with van der Waals surface area (Å²) in [4.78, 5) is 27.9. The molecule has 0 unspecified atom stereocenters. The summed E-state index contributed by atoms with van der Waals surface area (Å²) in [6, 6.07) is 5.14. The maximum Gasteiger partial charge on any atom is 0.338 e. The van der Waals surface area contributed by atoms with Gasteiger partial charge in [-0.1, -0.05) is 6.42 Å². The van der Waals surface area contributed by atoms with Crippen LogP contribution in [0.5, 0.6) is 0 Å². The number of fused-ring (bicyclic) bond motifs is 5. The van der Waals surface area contributed by atoms with Gasteiger partial charge in [0.2, 0.25) is 0 Å². The van der Waals surface area contributed by atoms with E-state index < -0.39 is 22.1 Å². The molecule has 2 aliphatic carbocycles. The summed E-state index contributed by atoms with van der Waals surface area (Å²) in [5, 5.41) is 3.45. The van der Waals surface area contributed by atoms with Crippen LogP contribution in [0.25, 0.3) is 0 Å². The molecule has 2 bridgehead atoms. The number of amidine groups is 1. The highest BCUT2D eigenvalue weighted by Gasteiger charge is 2.42. The van der Waals surface area contributed by atoms with Crippen molar-refractivity contribution in [2.45, 2.75) is 56.6 Å². The van der Waals surface area contributed by atoms with Crippen molar-refractivity contribution < 1.29 is 22.7 Å². The number of hydrogen-bond donors (Lipinski definition) is 1. The number of carbonyl (C=O) groups is 2. The number of sulfonamides is 1. The molecule has 32 heavy (non-hydrogen) atoms. The predicted octanol–water partition coefficient (Wildman–Crippen LogP) is 2.78. The van der Waals surface area contributed by atoms with Gasteiger partial charge in [0.15, 0.2) is 11.3 Å². The Balaban J connectivity index is 1.21. The molecule has 10 heteroatoms. The number of benzene rings is 1. The van der Waals surface area contributed by atoms with Gasteiger partial charge in [0.25, 0.3) is 15.9 Å². The van der Waals surface area contributed by atoms with E-state index in [0.29, 0.717) is 29.1 Å². The molecule has 0 spiro atoms. The van der Waals surface area contributed by atoms with Crippen LogP contribution in [0.15, 0.2) is 27.5 Å². The number of hydrogen-bond acceptors (Lipinski definition) is 7. The number of esters is 1. The molecule has 0 radical (unpaired) electrons. The smallest absolute Gasteiger partial charge is 0.338 e. The molecule has 4 aliphatic rings. The number of carbonyl (C=O) groups excluding carboxylic acids is 2. The molecule has 0 saturated heterocycles. The number of thioether (sulfide) groups is 1. The second-order valence-electron chi connectivity index (χ2n) is 9.28. The molecule has 172 valence electrons. The van der Waals surface area contributed by atoms with Gasteiger partial charge in [-0.05, 0) is 80.8 Å². The fourth-order valence-corrected chi connectivity index (χ4v) is 7.79. The monoisotopic (exact) mass is 477 g/mol. The molecular weight excluding hydrogens is 450 g/mol. The summed E-state index contributed by atoms with van der Waals surface area (Å²) in [6.07, 6.45) is 4.13. The molecular formula is C22H27N3O5S2. The van der Waals surface area contributed by atoms with Crippen LogP contribution in [0.4, 0.5) is 5.69 Å². The lowest BCUT2D eigenvalue weighted by molar-refractivity contribution is -0.130. The van der Waals surface area contributed by atoms with Crippen LogP contribution < -0.4 is 10.2 Å². The van der Waals surface area contributed by atoms with Crippen molar-refractivity contribution in [3.05, 3.63) is 23.8 Å². The Morgan fingerprint density at radius 1 is 1.25 bits per heavy atom. The third kappa shape index (κ3) is 4.03. The molecule has 2 fully saturated rings. The Morgan fingerprint density at radius 2 is 2.06 bits per heavy atom. The fourth-order valence-electron chi connectivity index (χ4n) is 5.49. The zero-order valence-corrected chi connectivity index (χ0v) is 19.7. The van der Waals surface area contributed by atoms with E-state index in [4.69, 9.17) is 4.74 Å². The van der Waals surface area contributed by atoms with Crippen LogP contribution in [-0.4, -0.2) is 49.9 Å². The van der Waals surface area contributed by atoms with Gasteiger partial charge in [0.1, 0.15) is 0 Å². The number of anilines is 1. The molecule has 0 aromatic heterocycles. The minimum atomic E-state index is -3.44. The van der Waals surface area contributed by atoms with Crippen LogP contribution in [0.2, 0.25) is 0 Å². The first-order valence-corrected chi connectivity index (χ1v) is 13.6. The molecule has 5 rings (SSSR count). The topological polar surface area (TPSA) is 105 Å². The van der Waals surface area contributed by atoms with Crippen LogP contribution >= 0.6 is 11.8 Å². The van der Waals surface area contributed by atoms with Gasteiger partial charge in [-0.3, -0.25) is 4.79 Å². The van der Waals surface area contributed by atoms with Gasteiger partial charge in [0.05, 0.1) is 17.0 Å². The Morgan fingerprint density at radius 3 is 2.78 bits per heavy atom. The highest BCUT2D eigenvalue weighted by atomic mass is 32.2. The summed E-state index contributed by atoms with van der Waals surface area (Å²) in [7, 11) is -3.44. The Kier molecular flexibility index (Phi) is 5.48. The maximum absolute atomic E-state index is 12.7. The Labute approximate surface area is 192 Å². The van der Waals surface area contributed by atoms with E-state index in [1.54, 1.807) is 25.1 Å². The van der Waals surface area contributed by atoms with E-state index in [9.17, 15) is 18.0 Å². The van der Waals surface area contributed by atoms with Crippen molar-refractivity contribution in [2.75, 3.05) is 17.2 Å². The van der Waals surface area contributed by atoms with Gasteiger partial charge in [-0.15, -0.1) is 4.40 Å².